The molecule has 0 saturated carbocycles. The van der Waals surface area contributed by atoms with Gasteiger partial charge in [-0.15, -0.1) is 0 Å². The second-order valence-corrected chi connectivity index (χ2v) is 4.91. The minimum Gasteiger partial charge on any atom is -0.337 e. The van der Waals surface area contributed by atoms with Gasteiger partial charge in [-0.3, -0.25) is 10.7 Å². The minimum absolute atomic E-state index is 0.112. The van der Waals surface area contributed by atoms with Crippen LogP contribution in [0.15, 0.2) is 30.6 Å². The van der Waals surface area contributed by atoms with E-state index in [0.29, 0.717) is 5.39 Å². The molecule has 1 aromatic heterocycles. The highest BCUT2D eigenvalue weighted by Crippen LogP contribution is 2.31. The van der Waals surface area contributed by atoms with Gasteiger partial charge in [-0.1, -0.05) is 11.6 Å². The van der Waals surface area contributed by atoms with Gasteiger partial charge >= 0.3 is 0 Å². The lowest BCUT2D eigenvalue weighted by atomic mass is 10.2. The maximum Gasteiger partial charge on any atom is 0.168 e. The minimum atomic E-state index is -0.985. The van der Waals surface area contributed by atoms with Crippen molar-refractivity contribution in [3.05, 3.63) is 53.1 Å². The van der Waals surface area contributed by atoms with Crippen molar-refractivity contribution in [1.82, 2.24) is 9.97 Å². The van der Waals surface area contributed by atoms with Crippen LogP contribution in [0.3, 0.4) is 0 Å². The second kappa shape index (κ2) is 5.90. The van der Waals surface area contributed by atoms with E-state index in [1.165, 1.54) is 6.07 Å². The molecule has 0 fully saturated rings. The fourth-order valence-corrected chi connectivity index (χ4v) is 2.18. The second-order valence-electron chi connectivity index (χ2n) is 4.53. The van der Waals surface area contributed by atoms with Crippen molar-refractivity contribution in [1.29, 1.82) is 0 Å². The smallest absolute Gasteiger partial charge is 0.168 e. The Balaban J connectivity index is 2.12. The lowest BCUT2D eigenvalue weighted by molar-refractivity contribution is 0.384. The summed E-state index contributed by atoms with van der Waals surface area (Å²) >= 11 is 5.52. The molecule has 0 aliphatic rings. The molecule has 0 radical (unpaired) electrons. The summed E-state index contributed by atoms with van der Waals surface area (Å²) in [7, 11) is 0. The first-order chi connectivity index (χ1) is 11.0. The topological polar surface area (TPSA) is 70.1 Å². The average molecular weight is 341 g/mol. The highest BCUT2D eigenvalue weighted by Gasteiger charge is 2.14. The Kier molecular flexibility index (Phi) is 3.93. The first-order valence-corrected chi connectivity index (χ1v) is 6.64. The first kappa shape index (κ1) is 15.3. The van der Waals surface area contributed by atoms with Crippen LogP contribution in [-0.4, -0.2) is 15.2 Å². The molecule has 0 bridgehead atoms. The van der Waals surface area contributed by atoms with Crippen molar-refractivity contribution in [2.75, 3.05) is 10.8 Å². The molecule has 3 aromatic rings. The fourth-order valence-electron chi connectivity index (χ4n) is 2.01. The molecule has 2 aromatic carbocycles. The van der Waals surface area contributed by atoms with Crippen LogP contribution in [0.1, 0.15) is 0 Å². The van der Waals surface area contributed by atoms with E-state index in [0.717, 1.165) is 24.5 Å². The standard InChI is InChI=1S/C14H8ClF3N4O/c15-12-7(16)1-2-9(13(12)18)21-14-6-3-11(22-23)8(17)4-10(6)19-5-20-14/h1-5,22-23H,(H,19,20,21). The van der Waals surface area contributed by atoms with Gasteiger partial charge in [-0.25, -0.2) is 23.1 Å². The molecule has 118 valence electrons. The van der Waals surface area contributed by atoms with Crippen molar-refractivity contribution < 1.29 is 18.4 Å². The summed E-state index contributed by atoms with van der Waals surface area (Å²) < 4.78 is 40.8. The molecular formula is C14H8ClF3N4O. The summed E-state index contributed by atoms with van der Waals surface area (Å²) in [5.41, 5.74) is 1.62. The number of rotatable bonds is 3. The normalized spacial score (nSPS) is 10.8. The van der Waals surface area contributed by atoms with Crippen molar-refractivity contribution >= 4 is 39.7 Å². The first-order valence-electron chi connectivity index (χ1n) is 6.26. The van der Waals surface area contributed by atoms with Gasteiger partial charge < -0.3 is 5.32 Å². The van der Waals surface area contributed by atoms with E-state index < -0.39 is 22.5 Å². The number of anilines is 3. The molecule has 0 aliphatic carbocycles. The summed E-state index contributed by atoms with van der Waals surface area (Å²) in [6.07, 6.45) is 1.15. The quantitative estimate of drug-likeness (QED) is 0.491. The largest absolute Gasteiger partial charge is 0.337 e. The van der Waals surface area contributed by atoms with Crippen LogP contribution in [0.5, 0.6) is 0 Å². The number of hydrogen-bond donors (Lipinski definition) is 3. The van der Waals surface area contributed by atoms with Crippen LogP contribution in [0.25, 0.3) is 10.9 Å². The van der Waals surface area contributed by atoms with E-state index in [1.807, 2.05) is 0 Å². The Labute approximate surface area is 132 Å². The summed E-state index contributed by atoms with van der Waals surface area (Å²) in [6, 6.07) is 4.47. The highest BCUT2D eigenvalue weighted by molar-refractivity contribution is 6.31. The van der Waals surface area contributed by atoms with E-state index in [-0.39, 0.29) is 22.7 Å². The molecule has 23 heavy (non-hydrogen) atoms. The zero-order valence-corrected chi connectivity index (χ0v) is 12.0. The van der Waals surface area contributed by atoms with Crippen molar-refractivity contribution in [2.24, 2.45) is 0 Å². The number of halogens is 4. The molecule has 0 unspecified atom stereocenters. The third kappa shape index (κ3) is 2.73. The molecule has 5 nitrogen and oxygen atoms in total. The molecule has 0 spiro atoms. The SMILES string of the molecule is ONc1cc2c(Nc3ccc(F)c(Cl)c3F)ncnc2cc1F. The number of fused-ring (bicyclic) bond motifs is 1. The third-order valence-electron chi connectivity index (χ3n) is 3.13. The Bertz CT molecular complexity index is 907. The summed E-state index contributed by atoms with van der Waals surface area (Å²) in [6.45, 7) is 0. The van der Waals surface area contributed by atoms with Crippen molar-refractivity contribution in [2.45, 2.75) is 0 Å². The molecule has 0 amide bonds. The zero-order valence-electron chi connectivity index (χ0n) is 11.2. The van der Waals surface area contributed by atoms with Crippen molar-refractivity contribution in [3.8, 4) is 0 Å². The molecule has 0 atom stereocenters. The Morgan fingerprint density at radius 2 is 1.78 bits per heavy atom. The molecule has 9 heteroatoms. The number of benzene rings is 2. The van der Waals surface area contributed by atoms with Crippen LogP contribution >= 0.6 is 11.6 Å². The molecule has 0 saturated heterocycles. The van der Waals surface area contributed by atoms with Crippen LogP contribution in [0.4, 0.5) is 30.4 Å². The predicted molar refractivity (Wildman–Crippen MR) is 79.6 cm³/mol. The van der Waals surface area contributed by atoms with Crippen LogP contribution in [0.2, 0.25) is 5.02 Å². The molecule has 3 rings (SSSR count). The van der Waals surface area contributed by atoms with E-state index in [1.54, 1.807) is 5.48 Å². The van der Waals surface area contributed by atoms with Gasteiger partial charge in [0.2, 0.25) is 0 Å². The van der Waals surface area contributed by atoms with Crippen LogP contribution < -0.4 is 10.8 Å². The van der Waals surface area contributed by atoms with Gasteiger partial charge in [0.1, 0.15) is 23.0 Å². The van der Waals surface area contributed by atoms with E-state index in [9.17, 15) is 13.2 Å². The number of nitrogens with one attached hydrogen (secondary N) is 2. The number of nitrogens with zero attached hydrogens (tertiary/aromatic N) is 2. The monoisotopic (exact) mass is 340 g/mol. The van der Waals surface area contributed by atoms with E-state index >= 15 is 0 Å². The van der Waals surface area contributed by atoms with Gasteiger partial charge in [0.25, 0.3) is 0 Å². The zero-order chi connectivity index (χ0) is 16.6. The van der Waals surface area contributed by atoms with Gasteiger partial charge in [0.15, 0.2) is 11.6 Å². The Morgan fingerprint density at radius 3 is 2.52 bits per heavy atom. The number of hydrogen-bond acceptors (Lipinski definition) is 5. The van der Waals surface area contributed by atoms with Crippen LogP contribution in [0, 0.1) is 17.5 Å². The highest BCUT2D eigenvalue weighted by atomic mass is 35.5. The lowest BCUT2D eigenvalue weighted by Crippen LogP contribution is -2.01. The Morgan fingerprint density at radius 1 is 1.00 bits per heavy atom. The lowest BCUT2D eigenvalue weighted by Gasteiger charge is -2.11. The van der Waals surface area contributed by atoms with Gasteiger partial charge in [0.05, 0.1) is 16.9 Å². The molecule has 3 N–H and O–H groups in total. The van der Waals surface area contributed by atoms with Gasteiger partial charge in [-0.05, 0) is 18.2 Å². The average Bonchev–Trinajstić information content (AvgIpc) is 2.55. The summed E-state index contributed by atoms with van der Waals surface area (Å²) in [5.74, 6) is -2.47. The number of aromatic nitrogens is 2. The van der Waals surface area contributed by atoms with Gasteiger partial charge in [0, 0.05) is 11.5 Å². The molecule has 1 heterocycles. The van der Waals surface area contributed by atoms with Gasteiger partial charge in [-0.2, -0.15) is 0 Å². The third-order valence-corrected chi connectivity index (χ3v) is 3.48. The summed E-state index contributed by atoms with van der Waals surface area (Å²) in [5, 5.41) is 11.2. The maximum absolute atomic E-state index is 14.0. The van der Waals surface area contributed by atoms with E-state index in [4.69, 9.17) is 16.8 Å². The predicted octanol–water partition coefficient (Wildman–Crippen LogP) is 4.25. The molecule has 0 aliphatic heterocycles. The van der Waals surface area contributed by atoms with E-state index in [2.05, 4.69) is 15.3 Å². The Hall–Kier alpha value is -2.58. The van der Waals surface area contributed by atoms with Crippen LogP contribution in [-0.2, 0) is 0 Å². The molecular weight excluding hydrogens is 333 g/mol. The summed E-state index contributed by atoms with van der Waals surface area (Å²) in [4.78, 5) is 7.84. The maximum atomic E-state index is 14.0. The fraction of sp³-hybridized carbons (Fsp3) is 0. The van der Waals surface area contributed by atoms with Crippen molar-refractivity contribution in [3.63, 3.8) is 0 Å².